The number of benzene rings is 2. The quantitative estimate of drug-likeness (QED) is 0.181. The SMILES string of the molecule is COC(=O)CCCCCCCCOC1O[C@@H](C)[C@H](OC(=O)c2ccccc2)C[C@H]1OC(=O)c1ccccc1. The molecule has 3 rings (SSSR count). The molecule has 1 fully saturated rings. The monoisotopic (exact) mass is 526 g/mol. The maximum Gasteiger partial charge on any atom is 0.338 e. The van der Waals surface area contributed by atoms with E-state index >= 15 is 0 Å². The minimum Gasteiger partial charge on any atom is -0.469 e. The summed E-state index contributed by atoms with van der Waals surface area (Å²) in [7, 11) is 1.41. The molecule has 8 heteroatoms. The van der Waals surface area contributed by atoms with Crippen LogP contribution in [0, 0.1) is 0 Å². The molecule has 206 valence electrons. The van der Waals surface area contributed by atoms with E-state index in [1.807, 2.05) is 19.1 Å². The number of methoxy groups -OCH3 is 1. The van der Waals surface area contributed by atoms with Crippen LogP contribution in [0.25, 0.3) is 0 Å². The molecule has 0 aliphatic carbocycles. The molecule has 1 heterocycles. The van der Waals surface area contributed by atoms with E-state index < -0.39 is 36.5 Å². The van der Waals surface area contributed by atoms with Gasteiger partial charge in [0.15, 0.2) is 12.4 Å². The second-order valence-corrected chi connectivity index (χ2v) is 9.38. The van der Waals surface area contributed by atoms with Gasteiger partial charge < -0.3 is 23.7 Å². The molecule has 1 unspecified atom stereocenters. The average molecular weight is 527 g/mol. The normalized spacial score (nSPS) is 20.9. The molecule has 2 aromatic rings. The van der Waals surface area contributed by atoms with Crippen LogP contribution < -0.4 is 0 Å². The minimum absolute atomic E-state index is 0.167. The van der Waals surface area contributed by atoms with Crippen LogP contribution in [0.1, 0.15) is 79.0 Å². The van der Waals surface area contributed by atoms with Crippen molar-refractivity contribution in [3.8, 4) is 0 Å². The summed E-state index contributed by atoms with van der Waals surface area (Å²) in [5.74, 6) is -1.10. The van der Waals surface area contributed by atoms with E-state index in [0.29, 0.717) is 24.2 Å². The second-order valence-electron chi connectivity index (χ2n) is 9.38. The molecule has 4 atom stereocenters. The molecule has 8 nitrogen and oxygen atoms in total. The average Bonchev–Trinajstić information content (AvgIpc) is 2.94. The Kier molecular flexibility index (Phi) is 12.3. The zero-order chi connectivity index (χ0) is 27.2. The van der Waals surface area contributed by atoms with Gasteiger partial charge in [0.05, 0.1) is 24.3 Å². The number of rotatable bonds is 14. The van der Waals surface area contributed by atoms with Crippen molar-refractivity contribution in [2.45, 2.75) is 82.9 Å². The zero-order valence-electron chi connectivity index (χ0n) is 22.2. The van der Waals surface area contributed by atoms with Crippen molar-refractivity contribution in [3.05, 3.63) is 71.8 Å². The first-order chi connectivity index (χ1) is 18.5. The van der Waals surface area contributed by atoms with Crippen LogP contribution >= 0.6 is 0 Å². The molecule has 1 saturated heterocycles. The van der Waals surface area contributed by atoms with E-state index in [1.54, 1.807) is 48.5 Å². The molecule has 0 radical (unpaired) electrons. The predicted octanol–water partition coefficient (Wildman–Crippen LogP) is 5.49. The van der Waals surface area contributed by atoms with Crippen LogP contribution in [0.5, 0.6) is 0 Å². The van der Waals surface area contributed by atoms with Crippen LogP contribution in [-0.2, 0) is 28.5 Å². The molecule has 0 aromatic heterocycles. The van der Waals surface area contributed by atoms with Crippen LogP contribution in [0.4, 0.5) is 0 Å². The Bertz CT molecular complexity index is 994. The number of carbonyl (C=O) groups is 3. The third-order valence-electron chi connectivity index (χ3n) is 6.46. The van der Waals surface area contributed by atoms with Crippen LogP contribution in [-0.4, -0.2) is 56.2 Å². The lowest BCUT2D eigenvalue weighted by atomic mass is 10.0. The van der Waals surface area contributed by atoms with E-state index in [9.17, 15) is 14.4 Å². The highest BCUT2D eigenvalue weighted by molar-refractivity contribution is 5.90. The summed E-state index contributed by atoms with van der Waals surface area (Å²) in [6, 6.07) is 17.5. The molecule has 0 N–H and O–H groups in total. The summed E-state index contributed by atoms with van der Waals surface area (Å²) in [6.45, 7) is 2.27. The smallest absolute Gasteiger partial charge is 0.338 e. The fourth-order valence-corrected chi connectivity index (χ4v) is 4.25. The first kappa shape index (κ1) is 29.3. The van der Waals surface area contributed by atoms with Gasteiger partial charge in [-0.15, -0.1) is 0 Å². The van der Waals surface area contributed by atoms with Crippen molar-refractivity contribution < 1.29 is 38.1 Å². The highest BCUT2D eigenvalue weighted by Crippen LogP contribution is 2.28. The van der Waals surface area contributed by atoms with Gasteiger partial charge in [0.1, 0.15) is 6.10 Å². The lowest BCUT2D eigenvalue weighted by molar-refractivity contribution is -0.260. The van der Waals surface area contributed by atoms with Crippen molar-refractivity contribution >= 4 is 17.9 Å². The number of carbonyl (C=O) groups excluding carboxylic acids is 3. The molecule has 0 saturated carbocycles. The standard InChI is InChI=1S/C30H38O8/c1-22-25(37-28(32)23-15-9-7-10-16-23)21-26(38-29(33)24-17-11-8-12-18-24)30(36-22)35-20-14-6-4-3-5-13-19-27(31)34-2/h7-12,15-18,22,25-26,30H,3-6,13-14,19-21H2,1-2H3/t22-,25+,26+,30?/m0/s1. The third kappa shape index (κ3) is 9.58. The Hall–Kier alpha value is -3.23. The molecule has 1 aliphatic heterocycles. The number of esters is 3. The summed E-state index contributed by atoms with van der Waals surface area (Å²) in [5, 5.41) is 0. The van der Waals surface area contributed by atoms with E-state index in [2.05, 4.69) is 4.74 Å². The number of ether oxygens (including phenoxy) is 5. The minimum atomic E-state index is -0.760. The molecule has 38 heavy (non-hydrogen) atoms. The Morgan fingerprint density at radius 1 is 0.763 bits per heavy atom. The Labute approximate surface area is 224 Å². The lowest BCUT2D eigenvalue weighted by Gasteiger charge is -2.39. The molecular formula is C30H38O8. The summed E-state index contributed by atoms with van der Waals surface area (Å²) in [5.41, 5.74) is 0.871. The molecule has 2 aromatic carbocycles. The van der Waals surface area contributed by atoms with Gasteiger partial charge in [0, 0.05) is 19.4 Å². The zero-order valence-corrected chi connectivity index (χ0v) is 22.2. The molecule has 0 spiro atoms. The number of hydrogen-bond donors (Lipinski definition) is 0. The summed E-state index contributed by atoms with van der Waals surface area (Å²) in [4.78, 5) is 36.6. The first-order valence-corrected chi connectivity index (χ1v) is 13.3. The van der Waals surface area contributed by atoms with Crippen molar-refractivity contribution in [2.75, 3.05) is 13.7 Å². The van der Waals surface area contributed by atoms with Crippen LogP contribution in [0.2, 0.25) is 0 Å². The molecular weight excluding hydrogens is 488 g/mol. The highest BCUT2D eigenvalue weighted by Gasteiger charge is 2.41. The summed E-state index contributed by atoms with van der Waals surface area (Å²) >= 11 is 0. The van der Waals surface area contributed by atoms with Crippen molar-refractivity contribution in [3.63, 3.8) is 0 Å². The number of unbranched alkanes of at least 4 members (excludes halogenated alkanes) is 5. The van der Waals surface area contributed by atoms with Crippen molar-refractivity contribution in [2.24, 2.45) is 0 Å². The topological polar surface area (TPSA) is 97.4 Å². The third-order valence-corrected chi connectivity index (χ3v) is 6.46. The second kappa shape index (κ2) is 15.9. The maximum atomic E-state index is 12.8. The van der Waals surface area contributed by atoms with Crippen molar-refractivity contribution in [1.29, 1.82) is 0 Å². The highest BCUT2D eigenvalue weighted by atomic mass is 16.7. The maximum absolute atomic E-state index is 12.8. The van der Waals surface area contributed by atoms with Crippen LogP contribution in [0.15, 0.2) is 60.7 Å². The fraction of sp³-hybridized carbons (Fsp3) is 0.500. The van der Waals surface area contributed by atoms with Gasteiger partial charge in [-0.05, 0) is 44.0 Å². The van der Waals surface area contributed by atoms with Gasteiger partial charge >= 0.3 is 17.9 Å². The molecule has 0 bridgehead atoms. The van der Waals surface area contributed by atoms with Crippen LogP contribution in [0.3, 0.4) is 0 Å². The van der Waals surface area contributed by atoms with Gasteiger partial charge in [-0.25, -0.2) is 9.59 Å². The Morgan fingerprint density at radius 3 is 1.87 bits per heavy atom. The predicted molar refractivity (Wildman–Crippen MR) is 141 cm³/mol. The van der Waals surface area contributed by atoms with Gasteiger partial charge in [-0.2, -0.15) is 0 Å². The Morgan fingerprint density at radius 2 is 1.29 bits per heavy atom. The van der Waals surface area contributed by atoms with Gasteiger partial charge in [-0.1, -0.05) is 62.1 Å². The molecule has 1 aliphatic rings. The largest absolute Gasteiger partial charge is 0.469 e. The van der Waals surface area contributed by atoms with Gasteiger partial charge in [-0.3, -0.25) is 4.79 Å². The van der Waals surface area contributed by atoms with Gasteiger partial charge in [0.25, 0.3) is 0 Å². The number of hydrogen-bond acceptors (Lipinski definition) is 8. The Balaban J connectivity index is 1.51. The van der Waals surface area contributed by atoms with E-state index in [-0.39, 0.29) is 12.4 Å². The van der Waals surface area contributed by atoms with Gasteiger partial charge in [0.2, 0.25) is 0 Å². The van der Waals surface area contributed by atoms with E-state index in [0.717, 1.165) is 38.5 Å². The van der Waals surface area contributed by atoms with E-state index in [1.165, 1.54) is 7.11 Å². The summed E-state index contributed by atoms with van der Waals surface area (Å²) in [6.07, 6.45) is 3.91. The fourth-order valence-electron chi connectivity index (χ4n) is 4.25. The molecule has 0 amide bonds. The first-order valence-electron chi connectivity index (χ1n) is 13.3. The summed E-state index contributed by atoms with van der Waals surface area (Å²) < 4.78 is 28.2. The van der Waals surface area contributed by atoms with Crippen molar-refractivity contribution in [1.82, 2.24) is 0 Å². The van der Waals surface area contributed by atoms with E-state index in [4.69, 9.17) is 18.9 Å². The lowest BCUT2D eigenvalue weighted by Crippen LogP contribution is -2.50.